The standard InChI is InChI=1S/C29H52O/c1-7-21(19(2)3)9-8-20(4)25-12-13-26-24-11-10-22-18-23(30)14-16-28(22,5)27(24)15-17-29(25,26)6/h19-27,30H,7-18H2,1-6H3/t20-,21-,22+,23+,24+,25+,26+,27+,28+,29-/m1/s1. The van der Waals surface area contributed by atoms with Crippen molar-refractivity contribution in [3.63, 3.8) is 0 Å². The van der Waals surface area contributed by atoms with Crippen LogP contribution in [0.4, 0.5) is 0 Å². The van der Waals surface area contributed by atoms with Gasteiger partial charge >= 0.3 is 0 Å². The lowest BCUT2D eigenvalue weighted by molar-refractivity contribution is -0.129. The van der Waals surface area contributed by atoms with Gasteiger partial charge in [-0.15, -0.1) is 0 Å². The van der Waals surface area contributed by atoms with Crippen LogP contribution < -0.4 is 0 Å². The van der Waals surface area contributed by atoms with Crippen molar-refractivity contribution < 1.29 is 5.11 Å². The zero-order valence-electron chi connectivity index (χ0n) is 21.1. The van der Waals surface area contributed by atoms with E-state index in [1.807, 2.05) is 0 Å². The summed E-state index contributed by atoms with van der Waals surface area (Å²) in [7, 11) is 0. The number of fused-ring (bicyclic) bond motifs is 5. The van der Waals surface area contributed by atoms with Crippen LogP contribution in [0.15, 0.2) is 0 Å². The fourth-order valence-corrected chi connectivity index (χ4v) is 9.90. The van der Waals surface area contributed by atoms with Gasteiger partial charge in [0.1, 0.15) is 0 Å². The van der Waals surface area contributed by atoms with Crippen molar-refractivity contribution in [3.05, 3.63) is 0 Å². The minimum Gasteiger partial charge on any atom is -0.393 e. The normalized spacial score (nSPS) is 48.0. The Labute approximate surface area is 188 Å². The first kappa shape index (κ1) is 23.1. The Morgan fingerprint density at radius 3 is 2.23 bits per heavy atom. The molecule has 4 aliphatic carbocycles. The Hall–Kier alpha value is -0.0400. The van der Waals surface area contributed by atoms with E-state index in [2.05, 4.69) is 41.5 Å². The molecule has 4 rings (SSSR count). The lowest BCUT2D eigenvalue weighted by Gasteiger charge is -2.61. The van der Waals surface area contributed by atoms with Crippen LogP contribution in [-0.4, -0.2) is 11.2 Å². The van der Waals surface area contributed by atoms with Crippen molar-refractivity contribution in [2.75, 3.05) is 0 Å². The number of aliphatic hydroxyl groups is 1. The van der Waals surface area contributed by atoms with Gasteiger partial charge in [0.15, 0.2) is 0 Å². The lowest BCUT2D eigenvalue weighted by Crippen LogP contribution is -2.54. The predicted molar refractivity (Wildman–Crippen MR) is 128 cm³/mol. The molecule has 4 aliphatic rings. The molecule has 0 bridgehead atoms. The summed E-state index contributed by atoms with van der Waals surface area (Å²) in [5.74, 6) is 7.34. The zero-order valence-corrected chi connectivity index (χ0v) is 21.1. The predicted octanol–water partition coefficient (Wildman–Crippen LogP) is 8.10. The van der Waals surface area contributed by atoms with Crippen molar-refractivity contribution >= 4 is 0 Å². The van der Waals surface area contributed by atoms with Gasteiger partial charge in [-0.05, 0) is 122 Å². The molecule has 1 nitrogen and oxygen atoms in total. The molecule has 0 aromatic carbocycles. The number of aliphatic hydroxyl groups excluding tert-OH is 1. The molecule has 0 aromatic heterocycles. The SMILES string of the molecule is CC[C@H](CC[C@@H](C)[C@@H]1CC[C@H]2[C@@H]3CC[C@H]4C[C@@H](O)CC[C@]4(C)[C@H]3CC[C@@]21C)C(C)C. The van der Waals surface area contributed by atoms with Gasteiger partial charge in [0, 0.05) is 0 Å². The second-order valence-corrected chi connectivity index (χ2v) is 13.3. The largest absolute Gasteiger partial charge is 0.393 e. The van der Waals surface area contributed by atoms with Gasteiger partial charge in [-0.25, -0.2) is 0 Å². The van der Waals surface area contributed by atoms with Crippen molar-refractivity contribution in [1.29, 1.82) is 0 Å². The highest BCUT2D eigenvalue weighted by molar-refractivity contribution is 5.09. The van der Waals surface area contributed by atoms with Gasteiger partial charge in [0.2, 0.25) is 0 Å². The third kappa shape index (κ3) is 3.82. The molecule has 0 amide bonds. The van der Waals surface area contributed by atoms with E-state index >= 15 is 0 Å². The summed E-state index contributed by atoms with van der Waals surface area (Å²) in [6.45, 7) is 15.2. The van der Waals surface area contributed by atoms with Gasteiger partial charge in [0.25, 0.3) is 0 Å². The molecule has 0 saturated heterocycles. The van der Waals surface area contributed by atoms with E-state index in [0.29, 0.717) is 10.8 Å². The van der Waals surface area contributed by atoms with E-state index in [0.717, 1.165) is 60.2 Å². The molecule has 0 unspecified atom stereocenters. The van der Waals surface area contributed by atoms with Gasteiger partial charge in [0.05, 0.1) is 6.10 Å². The zero-order chi connectivity index (χ0) is 21.7. The first-order valence-electron chi connectivity index (χ1n) is 13.9. The van der Waals surface area contributed by atoms with Crippen molar-refractivity contribution in [3.8, 4) is 0 Å². The Bertz CT molecular complexity index is 583. The van der Waals surface area contributed by atoms with Gasteiger partial charge in [-0.2, -0.15) is 0 Å². The maximum atomic E-state index is 10.3. The number of hydrogen-bond donors (Lipinski definition) is 1. The number of hydrogen-bond acceptors (Lipinski definition) is 1. The summed E-state index contributed by atoms with van der Waals surface area (Å²) < 4.78 is 0. The Balaban J connectivity index is 1.45. The molecule has 30 heavy (non-hydrogen) atoms. The van der Waals surface area contributed by atoms with Crippen LogP contribution >= 0.6 is 0 Å². The van der Waals surface area contributed by atoms with E-state index in [-0.39, 0.29) is 6.10 Å². The summed E-state index contributed by atoms with van der Waals surface area (Å²) in [6.07, 6.45) is 16.5. The maximum absolute atomic E-state index is 10.3. The molecule has 0 aromatic rings. The summed E-state index contributed by atoms with van der Waals surface area (Å²) in [4.78, 5) is 0. The molecular formula is C29H52O. The molecular weight excluding hydrogens is 364 g/mol. The molecule has 0 radical (unpaired) electrons. The van der Waals surface area contributed by atoms with E-state index in [1.54, 1.807) is 0 Å². The molecule has 0 heterocycles. The molecule has 174 valence electrons. The first-order chi connectivity index (χ1) is 14.2. The Morgan fingerprint density at radius 2 is 1.53 bits per heavy atom. The smallest absolute Gasteiger partial charge is 0.0543 e. The van der Waals surface area contributed by atoms with Crippen LogP contribution in [0, 0.1) is 58.2 Å². The average Bonchev–Trinajstić information content (AvgIpc) is 3.06. The highest BCUT2D eigenvalue weighted by Gasteiger charge is 2.60. The lowest BCUT2D eigenvalue weighted by atomic mass is 9.44. The second-order valence-electron chi connectivity index (χ2n) is 13.3. The second kappa shape index (κ2) is 8.72. The van der Waals surface area contributed by atoms with Crippen molar-refractivity contribution in [2.45, 2.75) is 125 Å². The molecule has 0 aliphatic heterocycles. The third-order valence-corrected chi connectivity index (χ3v) is 11.9. The highest BCUT2D eigenvalue weighted by Crippen LogP contribution is 2.68. The van der Waals surface area contributed by atoms with Crippen LogP contribution in [0.5, 0.6) is 0 Å². The van der Waals surface area contributed by atoms with Crippen LogP contribution in [0.3, 0.4) is 0 Å². The van der Waals surface area contributed by atoms with Crippen LogP contribution in [0.1, 0.15) is 119 Å². The van der Waals surface area contributed by atoms with E-state index < -0.39 is 0 Å². The van der Waals surface area contributed by atoms with E-state index in [1.165, 1.54) is 64.2 Å². The molecule has 1 N–H and O–H groups in total. The Kier molecular flexibility index (Phi) is 6.72. The van der Waals surface area contributed by atoms with Crippen molar-refractivity contribution in [2.24, 2.45) is 58.2 Å². The van der Waals surface area contributed by atoms with Crippen LogP contribution in [-0.2, 0) is 0 Å². The van der Waals surface area contributed by atoms with Gasteiger partial charge in [-0.3, -0.25) is 0 Å². The van der Waals surface area contributed by atoms with E-state index in [4.69, 9.17) is 0 Å². The van der Waals surface area contributed by atoms with Crippen molar-refractivity contribution in [1.82, 2.24) is 0 Å². The molecule has 0 spiro atoms. The van der Waals surface area contributed by atoms with Crippen LogP contribution in [0.2, 0.25) is 0 Å². The quantitative estimate of drug-likeness (QED) is 0.463. The van der Waals surface area contributed by atoms with Gasteiger partial charge < -0.3 is 5.11 Å². The number of rotatable bonds is 6. The maximum Gasteiger partial charge on any atom is 0.0543 e. The summed E-state index contributed by atoms with van der Waals surface area (Å²) in [5.41, 5.74) is 1.14. The molecule has 1 heteroatoms. The van der Waals surface area contributed by atoms with Gasteiger partial charge in [-0.1, -0.05) is 54.4 Å². The minimum absolute atomic E-state index is 0.0111. The van der Waals surface area contributed by atoms with Crippen LogP contribution in [0.25, 0.3) is 0 Å². The third-order valence-electron chi connectivity index (χ3n) is 11.9. The summed E-state index contributed by atoms with van der Waals surface area (Å²) in [5, 5.41) is 10.3. The Morgan fingerprint density at radius 1 is 0.833 bits per heavy atom. The first-order valence-corrected chi connectivity index (χ1v) is 13.9. The topological polar surface area (TPSA) is 20.2 Å². The summed E-state index contributed by atoms with van der Waals surface area (Å²) in [6, 6.07) is 0. The fraction of sp³-hybridized carbons (Fsp3) is 1.00. The molecule has 4 fully saturated rings. The summed E-state index contributed by atoms with van der Waals surface area (Å²) >= 11 is 0. The minimum atomic E-state index is -0.0111. The van der Waals surface area contributed by atoms with E-state index in [9.17, 15) is 5.11 Å². The average molecular weight is 417 g/mol. The monoisotopic (exact) mass is 416 g/mol. The molecule has 10 atom stereocenters. The fourth-order valence-electron chi connectivity index (χ4n) is 9.90. The molecule has 4 saturated carbocycles. The highest BCUT2D eigenvalue weighted by atomic mass is 16.3.